The minimum Gasteiger partial charge on any atom is -0.255 e. The Morgan fingerprint density at radius 2 is 0.432 bits per heavy atom. The number of hydrogen-bond donors (Lipinski definition) is 0. The predicted octanol–water partition coefficient (Wildman–Crippen LogP) is 3.68. The van der Waals surface area contributed by atoms with E-state index in [1.54, 1.807) is 37.2 Å². The van der Waals surface area contributed by atoms with Crippen molar-refractivity contribution in [3.63, 3.8) is 0 Å². The van der Waals surface area contributed by atoms with Crippen LogP contribution in [0.2, 0.25) is 0 Å². The van der Waals surface area contributed by atoms with Crippen LogP contribution in [0.3, 0.4) is 0 Å². The number of rotatable bonds is 3. The molecule has 0 aliphatic rings. The van der Waals surface area contributed by atoms with Gasteiger partial charge in [0.15, 0.2) is 0 Å². The fourth-order valence-electron chi connectivity index (χ4n) is 3.09. The third-order valence-electron chi connectivity index (χ3n) is 4.78. The summed E-state index contributed by atoms with van der Waals surface area (Å²) in [6, 6.07) is 34.8. The molecule has 6 aromatic heterocycles. The van der Waals surface area contributed by atoms with Gasteiger partial charge in [-0.05, 0) is 72.8 Å². The smallest absolute Gasteiger partial charge is 0.0886 e. The van der Waals surface area contributed by atoms with Crippen molar-refractivity contribution in [3.05, 3.63) is 146 Å². The zero-order chi connectivity index (χ0) is 27.4. The van der Waals surface area contributed by atoms with E-state index < -0.39 is 0 Å². The molecule has 0 atom stereocenters. The first-order valence-corrected chi connectivity index (χ1v) is 16.1. The molecule has 0 fully saturated rings. The van der Waals surface area contributed by atoms with E-state index in [2.05, 4.69) is 29.9 Å². The van der Waals surface area contributed by atoms with Crippen molar-refractivity contribution >= 4 is 19.4 Å². The van der Waals surface area contributed by atoms with Gasteiger partial charge in [-0.2, -0.15) is 0 Å². The summed E-state index contributed by atoms with van der Waals surface area (Å²) >= 11 is -0.346. The topological polar surface area (TPSA) is 235 Å². The van der Waals surface area contributed by atoms with E-state index >= 15 is 0 Å². The van der Waals surface area contributed by atoms with Gasteiger partial charge in [0, 0.05) is 37.2 Å². The molecule has 0 spiro atoms. The fourth-order valence-corrected chi connectivity index (χ4v) is 3.09. The van der Waals surface area contributed by atoms with Crippen molar-refractivity contribution in [1.82, 2.24) is 29.9 Å². The van der Waals surface area contributed by atoms with Crippen LogP contribution in [0.1, 0.15) is 0 Å². The Hall–Kier alpha value is -4.10. The maximum atomic E-state index is 4.85. The SMILES string of the molecule is O.O.O.O.O.[Cl][Ru][Cl].c1ccc(-c2ccccn2)nc1.c1ccc(-c2ccccn2)nc1.c1ccc(-c2ccccn2)nc1. The van der Waals surface area contributed by atoms with Crippen molar-refractivity contribution < 1.29 is 42.5 Å². The van der Waals surface area contributed by atoms with Crippen LogP contribution in [0.4, 0.5) is 0 Å². The Balaban J connectivity index is -0.000000520. The first kappa shape index (κ1) is 44.3. The molecule has 0 amide bonds. The van der Waals surface area contributed by atoms with Gasteiger partial charge in [-0.25, -0.2) is 0 Å². The number of halogens is 2. The van der Waals surface area contributed by atoms with Crippen LogP contribution in [0.25, 0.3) is 34.2 Å². The van der Waals surface area contributed by atoms with E-state index in [4.69, 9.17) is 19.4 Å². The summed E-state index contributed by atoms with van der Waals surface area (Å²) in [5.74, 6) is 0. The summed E-state index contributed by atoms with van der Waals surface area (Å²) in [7, 11) is 9.71. The van der Waals surface area contributed by atoms with Crippen molar-refractivity contribution in [2.75, 3.05) is 0 Å². The van der Waals surface area contributed by atoms with Crippen LogP contribution in [-0.4, -0.2) is 57.3 Å². The number of hydrogen-bond acceptors (Lipinski definition) is 6. The molecule has 6 aromatic rings. The van der Waals surface area contributed by atoms with E-state index in [0.29, 0.717) is 0 Å². The van der Waals surface area contributed by atoms with Gasteiger partial charge in [-0.15, -0.1) is 0 Å². The van der Waals surface area contributed by atoms with Gasteiger partial charge in [0.25, 0.3) is 0 Å². The van der Waals surface area contributed by atoms with Gasteiger partial charge in [-0.3, -0.25) is 29.9 Å². The van der Waals surface area contributed by atoms with Crippen LogP contribution in [0, 0.1) is 0 Å². The molecule has 0 aromatic carbocycles. The van der Waals surface area contributed by atoms with E-state index in [1.165, 1.54) is 0 Å². The second kappa shape index (κ2) is 27.7. The number of pyridine rings is 6. The largest absolute Gasteiger partial charge is 0.255 e. The number of nitrogens with zero attached hydrogens (tertiary/aromatic N) is 6. The summed E-state index contributed by atoms with van der Waals surface area (Å²) in [4.78, 5) is 25.1. The molecule has 11 nitrogen and oxygen atoms in total. The summed E-state index contributed by atoms with van der Waals surface area (Å²) in [5, 5.41) is 0. The molecule has 44 heavy (non-hydrogen) atoms. The predicted molar refractivity (Wildman–Crippen MR) is 172 cm³/mol. The molecule has 0 saturated carbocycles. The van der Waals surface area contributed by atoms with Crippen LogP contribution >= 0.6 is 19.4 Å². The Bertz CT molecular complexity index is 1150. The van der Waals surface area contributed by atoms with Gasteiger partial charge in [-0.1, -0.05) is 36.4 Å². The van der Waals surface area contributed by atoms with Crippen LogP contribution < -0.4 is 0 Å². The zero-order valence-corrected chi connectivity index (χ0v) is 26.4. The third kappa shape index (κ3) is 16.5. The normalized spacial score (nSPS) is 8.41. The maximum Gasteiger partial charge on any atom is 0.0886 e. The summed E-state index contributed by atoms with van der Waals surface area (Å²) in [6.45, 7) is 0. The average molecular weight is 731 g/mol. The standard InChI is InChI=1S/3C10H8N2.2ClH.5H2O.Ru/c3*1-3-7-11-9(5-1)10-6-2-4-8-12-10;;;;;;;;/h3*1-8H;2*1H;5*1H2;/q;;;;;;;;;;+2/p-2. The van der Waals surface area contributed by atoms with E-state index in [-0.39, 0.29) is 42.5 Å². The fraction of sp³-hybridized carbons (Fsp3) is 0. The Morgan fingerprint density at radius 1 is 0.295 bits per heavy atom. The van der Waals surface area contributed by atoms with Crippen molar-refractivity contribution in [2.45, 2.75) is 0 Å². The molecule has 0 bridgehead atoms. The molecular weight excluding hydrogens is 696 g/mol. The molecule has 6 heterocycles. The Morgan fingerprint density at radius 3 is 0.523 bits per heavy atom. The van der Waals surface area contributed by atoms with E-state index in [9.17, 15) is 0 Å². The van der Waals surface area contributed by atoms with Gasteiger partial charge in [0.2, 0.25) is 0 Å². The third-order valence-corrected chi connectivity index (χ3v) is 4.78. The molecule has 0 saturated heterocycles. The molecule has 0 radical (unpaired) electrons. The summed E-state index contributed by atoms with van der Waals surface area (Å²) in [6.07, 6.45) is 10.6. The molecule has 10 N–H and O–H groups in total. The zero-order valence-electron chi connectivity index (χ0n) is 23.1. The van der Waals surface area contributed by atoms with Crippen LogP contribution in [-0.2, 0) is 15.1 Å². The van der Waals surface area contributed by atoms with Crippen LogP contribution in [0.5, 0.6) is 0 Å². The van der Waals surface area contributed by atoms with Gasteiger partial charge in [0.05, 0.1) is 34.2 Å². The van der Waals surface area contributed by atoms with Crippen molar-refractivity contribution in [3.8, 4) is 34.2 Å². The molecule has 236 valence electrons. The van der Waals surface area contributed by atoms with Crippen LogP contribution in [0.15, 0.2) is 146 Å². The van der Waals surface area contributed by atoms with E-state index in [0.717, 1.165) is 34.2 Å². The maximum absolute atomic E-state index is 4.85. The first-order valence-electron chi connectivity index (χ1n) is 11.6. The second-order valence-electron chi connectivity index (χ2n) is 7.34. The molecule has 14 heteroatoms. The summed E-state index contributed by atoms with van der Waals surface area (Å²) in [5.41, 5.74) is 5.49. The monoisotopic (exact) mass is 730 g/mol. The molecule has 6 rings (SSSR count). The Kier molecular flexibility index (Phi) is 27.9. The van der Waals surface area contributed by atoms with E-state index in [1.807, 2.05) is 109 Å². The minimum absolute atomic E-state index is 0. The Labute approximate surface area is 271 Å². The van der Waals surface area contributed by atoms with Gasteiger partial charge < -0.3 is 27.4 Å². The second-order valence-corrected chi connectivity index (χ2v) is 9.98. The van der Waals surface area contributed by atoms with Gasteiger partial charge >= 0.3 is 34.5 Å². The molecule has 0 aliphatic carbocycles. The quantitative estimate of drug-likeness (QED) is 0.246. The first-order chi connectivity index (χ1) is 19.3. The summed E-state index contributed by atoms with van der Waals surface area (Å²) < 4.78 is 0. The average Bonchev–Trinajstić information content (AvgIpc) is 3.05. The van der Waals surface area contributed by atoms with Crippen molar-refractivity contribution in [1.29, 1.82) is 0 Å². The molecule has 0 aliphatic heterocycles. The number of aromatic nitrogens is 6. The van der Waals surface area contributed by atoms with Crippen molar-refractivity contribution in [2.24, 2.45) is 0 Å². The molecular formula is C30H34Cl2N6O5Ru. The minimum atomic E-state index is -0.346. The molecule has 0 unspecified atom stereocenters. The van der Waals surface area contributed by atoms with Gasteiger partial charge in [0.1, 0.15) is 0 Å².